The molecule has 264 valence electrons. The molecule has 0 aromatic carbocycles. The number of aliphatic hydroxyl groups excluding tert-OH is 2. The molecule has 6 N–H and O–H groups in total. The Bertz CT molecular complexity index is 1360. The smallest absolute Gasteiger partial charge is 0.234 e. The zero-order valence-electron chi connectivity index (χ0n) is 28.1. The van der Waals surface area contributed by atoms with Crippen LogP contribution in [0.5, 0.6) is 0 Å². The largest absolute Gasteiger partial charge is 0.483 e. The van der Waals surface area contributed by atoms with Gasteiger partial charge < -0.3 is 45.0 Å². The number of β-amino-alcohol motifs (C(OH)–C–C–N with tert-alkyl or cyclic N) is 2. The van der Waals surface area contributed by atoms with E-state index < -0.39 is 36.1 Å². The second-order valence-corrected chi connectivity index (χ2v) is 12.6. The molecular weight excluding hydrogens is 608 g/mol. The first-order valence-electron chi connectivity index (χ1n) is 15.7. The Morgan fingerprint density at radius 1 is 0.979 bits per heavy atom. The third-order valence-electron chi connectivity index (χ3n) is 8.13. The number of aliphatic hydroxyl groups is 2. The van der Waals surface area contributed by atoms with Crippen LogP contribution in [0.15, 0.2) is 26.3 Å². The molecule has 0 bridgehead atoms. The first kappa shape index (κ1) is 39.2. The van der Waals surface area contributed by atoms with Gasteiger partial charge in [-0.1, -0.05) is 45.4 Å². The van der Waals surface area contributed by atoms with Crippen molar-refractivity contribution in [1.82, 2.24) is 25.5 Å². The number of methoxy groups -OCH3 is 1. The van der Waals surface area contributed by atoms with E-state index in [0.717, 1.165) is 11.4 Å². The van der Waals surface area contributed by atoms with E-state index in [9.17, 15) is 19.8 Å². The summed E-state index contributed by atoms with van der Waals surface area (Å²) >= 11 is 0. The molecule has 2 aromatic heterocycles. The van der Waals surface area contributed by atoms with E-state index in [1.165, 1.54) is 12.0 Å². The van der Waals surface area contributed by atoms with E-state index in [1.54, 1.807) is 24.0 Å². The molecule has 2 unspecified atom stereocenters. The zero-order valence-corrected chi connectivity index (χ0v) is 28.1. The average Bonchev–Trinajstić information content (AvgIpc) is 3.79. The summed E-state index contributed by atoms with van der Waals surface area (Å²) < 4.78 is 15.5. The molecule has 2 aliphatic heterocycles. The summed E-state index contributed by atoms with van der Waals surface area (Å²) in [7, 11) is 1.40. The molecule has 4 heterocycles. The third kappa shape index (κ3) is 9.53. The average molecular weight is 663 g/mol. The van der Waals surface area contributed by atoms with E-state index in [2.05, 4.69) is 20.8 Å². The van der Waals surface area contributed by atoms with Gasteiger partial charge in [0.05, 0.1) is 36.7 Å². The number of amidine groups is 1. The lowest BCUT2D eigenvalue weighted by molar-refractivity contribution is -0.135. The number of carbonyl (C=O) groups is 2. The fourth-order valence-corrected chi connectivity index (χ4v) is 5.91. The van der Waals surface area contributed by atoms with Crippen LogP contribution in [0.3, 0.4) is 0 Å². The number of amides is 2. The second-order valence-electron chi connectivity index (χ2n) is 12.6. The Morgan fingerprint density at radius 2 is 1.40 bits per heavy atom. The summed E-state index contributed by atoms with van der Waals surface area (Å²) in [6.45, 7) is 14.4. The highest BCUT2D eigenvalue weighted by atomic mass is 16.5. The van der Waals surface area contributed by atoms with E-state index in [-0.39, 0.29) is 50.1 Å². The zero-order chi connectivity index (χ0) is 34.3. The monoisotopic (exact) mass is 662 g/mol. The van der Waals surface area contributed by atoms with Crippen LogP contribution in [0.2, 0.25) is 0 Å². The first-order valence-corrected chi connectivity index (χ1v) is 15.7. The maximum atomic E-state index is 13.1. The molecule has 2 fully saturated rings. The topological polar surface area (TPSA) is 217 Å². The van der Waals surface area contributed by atoms with Crippen LogP contribution in [0.1, 0.15) is 89.6 Å². The van der Waals surface area contributed by atoms with E-state index >= 15 is 0 Å². The van der Waals surface area contributed by atoms with Crippen molar-refractivity contribution in [3.05, 3.63) is 35.0 Å². The van der Waals surface area contributed by atoms with Crippen LogP contribution in [-0.4, -0.2) is 105 Å². The minimum absolute atomic E-state index is 0. The molecule has 2 saturated heterocycles. The van der Waals surface area contributed by atoms with Gasteiger partial charge in [0.2, 0.25) is 17.7 Å². The molecule has 2 aromatic rings. The minimum atomic E-state index is -0.645. The number of aryl methyl sites for hydroxylation is 2. The first-order chi connectivity index (χ1) is 21.7. The summed E-state index contributed by atoms with van der Waals surface area (Å²) in [5.74, 6) is 0.122. The number of rotatable bonds is 10. The Balaban J connectivity index is 0.000000321. The number of ether oxygens (including phenoxy) is 1. The van der Waals surface area contributed by atoms with E-state index in [0.29, 0.717) is 36.7 Å². The highest BCUT2D eigenvalue weighted by Crippen LogP contribution is 2.32. The Morgan fingerprint density at radius 3 is 1.77 bits per heavy atom. The lowest BCUT2D eigenvalue weighted by atomic mass is 9.91. The number of hydrogen-bond acceptors (Lipinski definition) is 12. The van der Waals surface area contributed by atoms with Crippen LogP contribution < -0.4 is 11.2 Å². The molecule has 2 amide bonds. The van der Waals surface area contributed by atoms with Crippen LogP contribution in [-0.2, 0) is 14.3 Å². The summed E-state index contributed by atoms with van der Waals surface area (Å²) in [6.07, 6.45) is -0.557. The van der Waals surface area contributed by atoms with E-state index in [1.807, 2.05) is 41.5 Å². The summed E-state index contributed by atoms with van der Waals surface area (Å²) in [4.78, 5) is 29.2. The molecule has 6 atom stereocenters. The highest BCUT2D eigenvalue weighted by molar-refractivity contribution is 5.93. The highest BCUT2D eigenvalue weighted by Gasteiger charge is 2.43. The van der Waals surface area contributed by atoms with E-state index in [4.69, 9.17) is 24.9 Å². The van der Waals surface area contributed by atoms with Crippen LogP contribution in [0.25, 0.3) is 0 Å². The summed E-state index contributed by atoms with van der Waals surface area (Å²) in [6, 6.07) is 2.58. The number of likely N-dealkylation sites (tertiary alicyclic amines) is 2. The van der Waals surface area contributed by atoms with Gasteiger partial charge in [-0.2, -0.15) is 5.10 Å². The van der Waals surface area contributed by atoms with Gasteiger partial charge in [-0.15, -0.1) is 0 Å². The van der Waals surface area contributed by atoms with Gasteiger partial charge in [0.25, 0.3) is 0 Å². The number of nitrogens with zero attached hydrogens (tertiary/aromatic N) is 5. The van der Waals surface area contributed by atoms with Crippen molar-refractivity contribution in [2.75, 3.05) is 26.7 Å². The number of hydrazone groups is 1. The molecule has 0 aliphatic carbocycles. The fraction of sp³-hybridized carbons (Fsp3) is 0.688. The Kier molecular flexibility index (Phi) is 14.4. The molecule has 2 aliphatic rings. The van der Waals surface area contributed by atoms with Crippen LogP contribution in [0, 0.1) is 31.1 Å². The SMILES string of the molecule is C.CCN/N=C(\N)[C@@H]1C[C@@H](O)CN1C(=O)C(c1cc(C)no1)C(C)C.COC(=N)[C@@H]1C[C@@H](O)CN1C(=O)C(c1cc(C)no1)C(C)C. The molecule has 15 heteroatoms. The van der Waals surface area contributed by atoms with Crippen molar-refractivity contribution in [2.45, 2.75) is 105 Å². The predicted molar refractivity (Wildman–Crippen MR) is 177 cm³/mol. The van der Waals surface area contributed by atoms with Crippen molar-refractivity contribution < 1.29 is 33.6 Å². The molecule has 0 saturated carbocycles. The van der Waals surface area contributed by atoms with Crippen LogP contribution in [0.4, 0.5) is 0 Å². The lowest BCUT2D eigenvalue weighted by Gasteiger charge is -2.28. The standard InChI is InChI=1S/C16H27N5O3.C15H23N3O4.CH4/c1-5-18-19-15(17)12-7-11(22)8-21(12)16(23)14(9(2)3)13-6-10(4)20-24-13;1-8(2)13(12-5-9(3)17-22-12)15(20)18-7-10(19)6-11(18)14(16)21-4;/h6,9,11-12,14,18,22H,5,7-8H2,1-4H3,(H2,17,19);5,8,10-11,13,16,19H,6-7H2,1-4H3;1H4/t11-,12+,14?;10-,11+,13?;/m11./s1. The van der Waals surface area contributed by atoms with Crippen LogP contribution >= 0.6 is 0 Å². The number of hydrogen-bond donors (Lipinski definition) is 5. The maximum Gasteiger partial charge on any atom is 0.234 e. The van der Waals surface area contributed by atoms with Crippen molar-refractivity contribution in [3.8, 4) is 0 Å². The molecule has 47 heavy (non-hydrogen) atoms. The van der Waals surface area contributed by atoms with Gasteiger partial charge in [-0.05, 0) is 32.6 Å². The molecule has 0 radical (unpaired) electrons. The minimum Gasteiger partial charge on any atom is -0.483 e. The number of aromatic nitrogens is 2. The Hall–Kier alpha value is -3.98. The molecular formula is C32H54N8O7. The van der Waals surface area contributed by atoms with Crippen molar-refractivity contribution >= 4 is 23.5 Å². The Labute approximate surface area is 277 Å². The fourth-order valence-electron chi connectivity index (χ4n) is 5.91. The predicted octanol–water partition coefficient (Wildman–Crippen LogP) is 2.51. The number of carbonyl (C=O) groups excluding carboxylic acids is 2. The quantitative estimate of drug-likeness (QED) is 0.141. The molecule has 15 nitrogen and oxygen atoms in total. The molecule has 0 spiro atoms. The lowest BCUT2D eigenvalue weighted by Crippen LogP contribution is -2.47. The third-order valence-corrected chi connectivity index (χ3v) is 8.13. The van der Waals surface area contributed by atoms with Gasteiger partial charge >= 0.3 is 0 Å². The van der Waals surface area contributed by atoms with Gasteiger partial charge in [0, 0.05) is 44.6 Å². The van der Waals surface area contributed by atoms with Crippen molar-refractivity contribution in [2.24, 2.45) is 22.7 Å². The number of nitrogens with two attached hydrogens (primary N) is 1. The second kappa shape index (κ2) is 17.3. The van der Waals surface area contributed by atoms with Crippen molar-refractivity contribution in [1.29, 1.82) is 5.41 Å². The van der Waals surface area contributed by atoms with Gasteiger partial charge in [0.15, 0.2) is 0 Å². The summed E-state index contributed by atoms with van der Waals surface area (Å²) in [5.41, 5.74) is 10.3. The normalized spacial score (nSPS) is 22.4. The number of nitrogens with one attached hydrogen (secondary N) is 2. The molecule has 4 rings (SSSR count). The van der Waals surface area contributed by atoms with Crippen molar-refractivity contribution in [3.63, 3.8) is 0 Å². The maximum absolute atomic E-state index is 13.1. The van der Waals surface area contributed by atoms with Gasteiger partial charge in [-0.3, -0.25) is 15.0 Å². The van der Waals surface area contributed by atoms with Gasteiger partial charge in [-0.25, -0.2) is 0 Å². The van der Waals surface area contributed by atoms with Gasteiger partial charge in [0.1, 0.15) is 35.2 Å². The summed E-state index contributed by atoms with van der Waals surface area (Å²) in [5, 5.41) is 39.6.